The van der Waals surface area contributed by atoms with Crippen LogP contribution >= 0.6 is 0 Å². The highest BCUT2D eigenvalue weighted by Crippen LogP contribution is 2.21. The zero-order valence-electron chi connectivity index (χ0n) is 13.1. The lowest BCUT2D eigenvalue weighted by Gasteiger charge is -2.33. The molecule has 0 bridgehead atoms. The molecule has 0 saturated carbocycles. The SMILES string of the molecule is [C-]#[N+]c1ccc(CC(=O)[C@@](C)(O)CN2CCOCC2)cc1C. The van der Waals surface area contributed by atoms with Crippen LogP contribution in [-0.2, 0) is 16.0 Å². The minimum Gasteiger partial charge on any atom is -0.381 e. The van der Waals surface area contributed by atoms with Gasteiger partial charge in [-0.2, -0.15) is 0 Å². The van der Waals surface area contributed by atoms with Crippen LogP contribution in [-0.4, -0.2) is 54.2 Å². The molecule has 1 atom stereocenters. The summed E-state index contributed by atoms with van der Waals surface area (Å²) in [6.07, 6.45) is 0.177. The van der Waals surface area contributed by atoms with E-state index < -0.39 is 5.60 Å². The molecule has 5 heteroatoms. The van der Waals surface area contributed by atoms with E-state index in [1.165, 1.54) is 0 Å². The van der Waals surface area contributed by atoms with Crippen LogP contribution in [0.1, 0.15) is 18.1 Å². The molecule has 0 radical (unpaired) electrons. The Balaban J connectivity index is 2.00. The molecule has 22 heavy (non-hydrogen) atoms. The van der Waals surface area contributed by atoms with E-state index >= 15 is 0 Å². The average Bonchev–Trinajstić information content (AvgIpc) is 2.48. The van der Waals surface area contributed by atoms with Crippen molar-refractivity contribution in [1.82, 2.24) is 4.90 Å². The number of ether oxygens (including phenoxy) is 1. The fourth-order valence-corrected chi connectivity index (χ4v) is 2.61. The van der Waals surface area contributed by atoms with Crippen molar-refractivity contribution in [3.05, 3.63) is 40.7 Å². The molecule has 0 unspecified atom stereocenters. The van der Waals surface area contributed by atoms with E-state index in [9.17, 15) is 9.90 Å². The van der Waals surface area contributed by atoms with Crippen LogP contribution in [0.3, 0.4) is 0 Å². The minimum absolute atomic E-state index is 0.177. The first-order chi connectivity index (χ1) is 10.4. The predicted octanol–water partition coefficient (Wildman–Crippen LogP) is 1.74. The third-order valence-electron chi connectivity index (χ3n) is 3.98. The molecule has 2 rings (SSSR count). The summed E-state index contributed by atoms with van der Waals surface area (Å²) in [6, 6.07) is 5.35. The first-order valence-electron chi connectivity index (χ1n) is 7.45. The highest BCUT2D eigenvalue weighted by atomic mass is 16.5. The zero-order chi connectivity index (χ0) is 16.2. The Labute approximate surface area is 131 Å². The van der Waals surface area contributed by atoms with Crippen LogP contribution in [0.25, 0.3) is 4.85 Å². The number of β-amino-alcohol motifs (C(OH)–C–C–N with tert-alkyl or cyclic N) is 1. The first kappa shape index (κ1) is 16.6. The second kappa shape index (κ2) is 7.01. The van der Waals surface area contributed by atoms with Crippen LogP contribution in [0, 0.1) is 13.5 Å². The van der Waals surface area contributed by atoms with Crippen LogP contribution in [0.15, 0.2) is 18.2 Å². The Bertz CT molecular complexity index is 584. The van der Waals surface area contributed by atoms with E-state index in [4.69, 9.17) is 11.3 Å². The number of ketones is 1. The van der Waals surface area contributed by atoms with Gasteiger partial charge in [-0.3, -0.25) is 9.69 Å². The van der Waals surface area contributed by atoms with E-state index in [-0.39, 0.29) is 12.2 Å². The Morgan fingerprint density at radius 3 is 2.73 bits per heavy atom. The molecular formula is C17H22N2O3. The van der Waals surface area contributed by atoms with E-state index in [0.717, 1.165) is 24.2 Å². The van der Waals surface area contributed by atoms with Crippen LogP contribution in [0.2, 0.25) is 0 Å². The smallest absolute Gasteiger partial charge is 0.190 e. The maximum absolute atomic E-state index is 12.4. The summed E-state index contributed by atoms with van der Waals surface area (Å²) in [5.74, 6) is -0.200. The van der Waals surface area contributed by atoms with E-state index in [0.29, 0.717) is 25.4 Å². The summed E-state index contributed by atoms with van der Waals surface area (Å²) in [4.78, 5) is 17.9. The number of aliphatic hydroxyl groups is 1. The van der Waals surface area contributed by atoms with Gasteiger partial charge in [0.2, 0.25) is 0 Å². The lowest BCUT2D eigenvalue weighted by molar-refractivity contribution is -0.138. The second-order valence-corrected chi connectivity index (χ2v) is 5.99. The molecule has 118 valence electrons. The molecule has 1 aliphatic rings. The van der Waals surface area contributed by atoms with Gasteiger partial charge in [0.05, 0.1) is 19.8 Å². The Morgan fingerprint density at radius 1 is 1.45 bits per heavy atom. The molecule has 1 heterocycles. The van der Waals surface area contributed by atoms with Gasteiger partial charge in [0.1, 0.15) is 5.60 Å². The van der Waals surface area contributed by atoms with Crippen molar-refractivity contribution in [2.45, 2.75) is 25.9 Å². The number of nitrogens with zero attached hydrogens (tertiary/aromatic N) is 2. The number of benzene rings is 1. The Kier molecular flexibility index (Phi) is 5.30. The average molecular weight is 302 g/mol. The molecule has 0 aliphatic carbocycles. The summed E-state index contributed by atoms with van der Waals surface area (Å²) in [7, 11) is 0. The summed E-state index contributed by atoms with van der Waals surface area (Å²) in [6.45, 7) is 13.6. The zero-order valence-corrected chi connectivity index (χ0v) is 13.1. The van der Waals surface area contributed by atoms with Crippen molar-refractivity contribution >= 4 is 11.5 Å². The highest BCUT2D eigenvalue weighted by molar-refractivity contribution is 5.89. The molecule has 5 nitrogen and oxygen atoms in total. The van der Waals surface area contributed by atoms with E-state index in [2.05, 4.69) is 9.74 Å². The van der Waals surface area contributed by atoms with Crippen LogP contribution in [0.5, 0.6) is 0 Å². The van der Waals surface area contributed by atoms with Crippen molar-refractivity contribution in [1.29, 1.82) is 0 Å². The van der Waals surface area contributed by atoms with Gasteiger partial charge >= 0.3 is 0 Å². The van der Waals surface area contributed by atoms with Crippen molar-refractivity contribution < 1.29 is 14.6 Å². The minimum atomic E-state index is -1.37. The molecule has 1 saturated heterocycles. The molecule has 0 spiro atoms. The molecule has 0 aromatic heterocycles. The predicted molar refractivity (Wildman–Crippen MR) is 84.0 cm³/mol. The fourth-order valence-electron chi connectivity index (χ4n) is 2.61. The largest absolute Gasteiger partial charge is 0.381 e. The number of morpholine rings is 1. The van der Waals surface area contributed by atoms with Gasteiger partial charge in [-0.15, -0.1) is 0 Å². The maximum atomic E-state index is 12.4. The number of aryl methyl sites for hydroxylation is 1. The lowest BCUT2D eigenvalue weighted by atomic mass is 9.93. The third kappa shape index (κ3) is 4.14. The molecule has 1 aliphatic heterocycles. The number of hydrogen-bond acceptors (Lipinski definition) is 4. The van der Waals surface area contributed by atoms with E-state index in [1.807, 2.05) is 13.0 Å². The van der Waals surface area contributed by atoms with Crippen molar-refractivity contribution in [3.8, 4) is 0 Å². The number of rotatable bonds is 5. The highest BCUT2D eigenvalue weighted by Gasteiger charge is 2.32. The quantitative estimate of drug-likeness (QED) is 0.842. The third-order valence-corrected chi connectivity index (χ3v) is 3.98. The standard InChI is InChI=1S/C17H22N2O3/c1-13-10-14(4-5-15(13)18-3)11-16(20)17(2,21)12-19-6-8-22-9-7-19/h4-5,10,21H,6-9,11-12H2,1-2H3/t17-/m0/s1. The van der Waals surface area contributed by atoms with Crippen LogP contribution < -0.4 is 0 Å². The second-order valence-electron chi connectivity index (χ2n) is 5.99. The molecule has 1 aromatic carbocycles. The fraction of sp³-hybridized carbons (Fsp3) is 0.529. The van der Waals surface area contributed by atoms with Gasteiger partial charge in [0.25, 0.3) is 0 Å². The Hall–Kier alpha value is -1.74. The molecule has 1 fully saturated rings. The van der Waals surface area contributed by atoms with Gasteiger partial charge < -0.3 is 9.84 Å². The van der Waals surface area contributed by atoms with Gasteiger partial charge in [-0.1, -0.05) is 18.2 Å². The number of carbonyl (C=O) groups is 1. The number of carbonyl (C=O) groups excluding carboxylic acids is 1. The van der Waals surface area contributed by atoms with Gasteiger partial charge in [-0.05, 0) is 25.0 Å². The van der Waals surface area contributed by atoms with Crippen molar-refractivity contribution in [3.63, 3.8) is 0 Å². The molecular weight excluding hydrogens is 280 g/mol. The van der Waals surface area contributed by atoms with Crippen molar-refractivity contribution in [2.24, 2.45) is 0 Å². The summed E-state index contributed by atoms with van der Waals surface area (Å²) in [5.41, 5.74) is 0.908. The van der Waals surface area contributed by atoms with Gasteiger partial charge in [0, 0.05) is 26.1 Å². The normalized spacial score (nSPS) is 18.5. The van der Waals surface area contributed by atoms with Gasteiger partial charge in [-0.25, -0.2) is 4.85 Å². The number of hydrogen-bond donors (Lipinski definition) is 1. The number of Topliss-reactive ketones (excluding diaryl/α,β-unsaturated/α-hetero) is 1. The summed E-state index contributed by atoms with van der Waals surface area (Å²) >= 11 is 0. The summed E-state index contributed by atoms with van der Waals surface area (Å²) < 4.78 is 5.27. The maximum Gasteiger partial charge on any atom is 0.190 e. The molecule has 1 N–H and O–H groups in total. The monoisotopic (exact) mass is 302 g/mol. The molecule has 1 aromatic rings. The topological polar surface area (TPSA) is 54.1 Å². The lowest BCUT2D eigenvalue weighted by Crippen LogP contribution is -2.50. The summed E-state index contributed by atoms with van der Waals surface area (Å²) in [5, 5.41) is 10.5. The van der Waals surface area contributed by atoms with E-state index in [1.54, 1.807) is 19.1 Å². The Morgan fingerprint density at radius 2 is 2.14 bits per heavy atom. The van der Waals surface area contributed by atoms with Crippen molar-refractivity contribution in [2.75, 3.05) is 32.8 Å². The van der Waals surface area contributed by atoms with Gasteiger partial charge in [0.15, 0.2) is 11.5 Å². The van der Waals surface area contributed by atoms with Crippen LogP contribution in [0.4, 0.5) is 5.69 Å². The molecule has 0 amide bonds. The first-order valence-corrected chi connectivity index (χ1v) is 7.45.